The van der Waals surface area contributed by atoms with Crippen LogP contribution in [0.2, 0.25) is 0 Å². The molecule has 0 N–H and O–H groups in total. The molecule has 3 heteroatoms. The van der Waals surface area contributed by atoms with Gasteiger partial charge in [0.1, 0.15) is 5.67 Å². The van der Waals surface area contributed by atoms with E-state index in [1.54, 1.807) is 7.11 Å². The van der Waals surface area contributed by atoms with Gasteiger partial charge in [0, 0.05) is 13.2 Å². The van der Waals surface area contributed by atoms with E-state index in [9.17, 15) is 4.39 Å². The van der Waals surface area contributed by atoms with E-state index in [1.807, 2.05) is 7.05 Å². The summed E-state index contributed by atoms with van der Waals surface area (Å²) >= 11 is 0. The lowest BCUT2D eigenvalue weighted by Gasteiger charge is -2.30. The molecule has 0 aromatic rings. The molecule has 64 valence electrons. The van der Waals surface area contributed by atoms with Crippen LogP contribution in [0.25, 0.3) is 0 Å². The van der Waals surface area contributed by atoms with Crippen LogP contribution in [0.4, 0.5) is 4.39 Å². The third-order valence-electron chi connectivity index (χ3n) is 3.14. The maximum Gasteiger partial charge on any atom is 0.131 e. The van der Waals surface area contributed by atoms with E-state index in [4.69, 9.17) is 4.74 Å². The van der Waals surface area contributed by atoms with E-state index in [0.717, 1.165) is 12.8 Å². The summed E-state index contributed by atoms with van der Waals surface area (Å²) in [6, 6.07) is 0.498. The van der Waals surface area contributed by atoms with Crippen molar-refractivity contribution in [1.29, 1.82) is 0 Å². The summed E-state index contributed by atoms with van der Waals surface area (Å²) in [5, 5.41) is 0. The van der Waals surface area contributed by atoms with Crippen LogP contribution in [0, 0.1) is 0 Å². The molecule has 3 aliphatic rings. The van der Waals surface area contributed by atoms with E-state index in [0.29, 0.717) is 12.6 Å². The van der Waals surface area contributed by atoms with Crippen LogP contribution >= 0.6 is 0 Å². The number of hydrogen-bond acceptors (Lipinski definition) is 2. The maximum atomic E-state index is 13.7. The largest absolute Gasteiger partial charge is 0.383 e. The number of nitrogens with zero attached hydrogens (tertiary/aromatic N) is 1. The van der Waals surface area contributed by atoms with Crippen molar-refractivity contribution < 1.29 is 9.13 Å². The second-order valence-corrected chi connectivity index (χ2v) is 3.73. The Labute approximate surface area is 66.3 Å². The standard InChI is InChI=1S/C8H14FNO/c1-10-6-3-8(9,4-6)7(10)5-11-2/h6-7H,3-5H2,1-2H3/t6?,7-,8?/m1/s1. The average Bonchev–Trinajstić information content (AvgIpc) is 2.22. The van der Waals surface area contributed by atoms with Crippen LogP contribution in [0.1, 0.15) is 12.8 Å². The Hall–Kier alpha value is -0.150. The molecule has 1 aliphatic carbocycles. The molecule has 0 aromatic heterocycles. The summed E-state index contributed by atoms with van der Waals surface area (Å²) in [4.78, 5) is 2.11. The zero-order chi connectivity index (χ0) is 8.06. The van der Waals surface area contributed by atoms with Gasteiger partial charge in [-0.1, -0.05) is 0 Å². The molecule has 0 spiro atoms. The van der Waals surface area contributed by atoms with Crippen molar-refractivity contribution in [2.24, 2.45) is 0 Å². The van der Waals surface area contributed by atoms with Gasteiger partial charge in [-0.25, -0.2) is 4.39 Å². The first-order chi connectivity index (χ1) is 5.17. The van der Waals surface area contributed by atoms with Crippen molar-refractivity contribution in [1.82, 2.24) is 4.90 Å². The highest BCUT2D eigenvalue weighted by molar-refractivity contribution is 5.15. The van der Waals surface area contributed by atoms with Gasteiger partial charge in [-0.05, 0) is 19.9 Å². The van der Waals surface area contributed by atoms with Crippen molar-refractivity contribution >= 4 is 0 Å². The molecular formula is C8H14FNO. The minimum atomic E-state index is -0.921. The molecule has 2 saturated heterocycles. The van der Waals surface area contributed by atoms with Gasteiger partial charge in [0.15, 0.2) is 0 Å². The monoisotopic (exact) mass is 159 g/mol. The summed E-state index contributed by atoms with van der Waals surface area (Å²) < 4.78 is 18.6. The van der Waals surface area contributed by atoms with Crippen LogP contribution < -0.4 is 0 Å². The molecule has 2 aliphatic heterocycles. The number of fused-ring (bicyclic) bond motifs is 1. The summed E-state index contributed by atoms with van der Waals surface area (Å²) in [7, 11) is 3.62. The van der Waals surface area contributed by atoms with Crippen LogP contribution in [-0.2, 0) is 4.74 Å². The Morgan fingerprint density at radius 3 is 2.64 bits per heavy atom. The van der Waals surface area contributed by atoms with Gasteiger partial charge < -0.3 is 4.74 Å². The minimum absolute atomic E-state index is 0.0116. The van der Waals surface area contributed by atoms with Crippen LogP contribution in [-0.4, -0.2) is 43.4 Å². The minimum Gasteiger partial charge on any atom is -0.383 e. The van der Waals surface area contributed by atoms with Gasteiger partial charge in [-0.3, -0.25) is 4.90 Å². The predicted octanol–water partition coefficient (Wildman–Crippen LogP) is 0.818. The summed E-state index contributed by atoms with van der Waals surface area (Å²) in [5.74, 6) is 0. The zero-order valence-electron chi connectivity index (χ0n) is 7.01. The number of alkyl halides is 1. The molecule has 0 amide bonds. The molecule has 0 unspecified atom stereocenters. The average molecular weight is 159 g/mol. The highest BCUT2D eigenvalue weighted by Gasteiger charge is 2.61. The van der Waals surface area contributed by atoms with E-state index in [1.165, 1.54) is 0 Å². The van der Waals surface area contributed by atoms with Crippen LogP contribution in [0.15, 0.2) is 0 Å². The lowest BCUT2D eigenvalue weighted by Crippen LogP contribution is -2.41. The third kappa shape index (κ3) is 0.842. The Balaban J connectivity index is 2.07. The number of methoxy groups -OCH3 is 1. The molecule has 0 radical (unpaired) electrons. The quantitative estimate of drug-likeness (QED) is 0.591. The lowest BCUT2D eigenvalue weighted by atomic mass is 9.80. The smallest absolute Gasteiger partial charge is 0.131 e. The third-order valence-corrected chi connectivity index (χ3v) is 3.14. The van der Waals surface area contributed by atoms with Crippen molar-refractivity contribution in [2.75, 3.05) is 20.8 Å². The molecular weight excluding hydrogens is 145 g/mol. The molecule has 2 heterocycles. The number of rotatable bonds is 2. The molecule has 3 fully saturated rings. The summed E-state index contributed by atoms with van der Waals surface area (Å²) in [6.45, 7) is 0.531. The van der Waals surface area contributed by atoms with Crippen molar-refractivity contribution in [3.63, 3.8) is 0 Å². The highest BCUT2D eigenvalue weighted by atomic mass is 19.1. The normalized spacial score (nSPS) is 49.4. The van der Waals surface area contributed by atoms with E-state index >= 15 is 0 Å². The van der Waals surface area contributed by atoms with Gasteiger partial charge >= 0.3 is 0 Å². The van der Waals surface area contributed by atoms with Crippen LogP contribution in [0.5, 0.6) is 0 Å². The molecule has 2 bridgehead atoms. The molecule has 3 rings (SSSR count). The van der Waals surface area contributed by atoms with E-state index < -0.39 is 5.67 Å². The summed E-state index contributed by atoms with van der Waals surface area (Å²) in [6.07, 6.45) is 1.44. The highest BCUT2D eigenvalue weighted by Crippen LogP contribution is 2.51. The molecule has 1 saturated carbocycles. The topological polar surface area (TPSA) is 12.5 Å². The number of likely N-dealkylation sites (N-methyl/N-ethyl adjacent to an activating group) is 1. The molecule has 1 atom stereocenters. The Bertz CT molecular complexity index is 167. The molecule has 11 heavy (non-hydrogen) atoms. The van der Waals surface area contributed by atoms with Crippen molar-refractivity contribution in [3.05, 3.63) is 0 Å². The second kappa shape index (κ2) is 2.17. The van der Waals surface area contributed by atoms with Crippen molar-refractivity contribution in [2.45, 2.75) is 30.6 Å². The maximum absolute atomic E-state index is 13.7. The SMILES string of the molecule is COC[C@H]1N(C)C2CC1(F)C2. The fraction of sp³-hybridized carbons (Fsp3) is 1.00. The van der Waals surface area contributed by atoms with Gasteiger partial charge in [-0.15, -0.1) is 0 Å². The predicted molar refractivity (Wildman–Crippen MR) is 40.3 cm³/mol. The Morgan fingerprint density at radius 2 is 2.27 bits per heavy atom. The van der Waals surface area contributed by atoms with Gasteiger partial charge in [-0.2, -0.15) is 0 Å². The summed E-state index contributed by atoms with van der Waals surface area (Å²) in [5.41, 5.74) is -0.921. The van der Waals surface area contributed by atoms with E-state index in [-0.39, 0.29) is 6.04 Å². The van der Waals surface area contributed by atoms with Crippen molar-refractivity contribution in [3.8, 4) is 0 Å². The zero-order valence-corrected chi connectivity index (χ0v) is 7.01. The number of hydrogen-bond donors (Lipinski definition) is 0. The van der Waals surface area contributed by atoms with Gasteiger partial charge in [0.25, 0.3) is 0 Å². The van der Waals surface area contributed by atoms with Gasteiger partial charge in [0.2, 0.25) is 0 Å². The molecule has 0 aromatic carbocycles. The van der Waals surface area contributed by atoms with Crippen LogP contribution in [0.3, 0.4) is 0 Å². The van der Waals surface area contributed by atoms with Gasteiger partial charge in [0.05, 0.1) is 12.6 Å². The first kappa shape index (κ1) is 7.50. The number of ether oxygens (including phenoxy) is 1. The number of halogens is 1. The van der Waals surface area contributed by atoms with E-state index in [2.05, 4.69) is 4.90 Å². The fourth-order valence-corrected chi connectivity index (χ4v) is 2.33. The Morgan fingerprint density at radius 1 is 1.64 bits per heavy atom. The fourth-order valence-electron chi connectivity index (χ4n) is 2.33. The first-order valence-corrected chi connectivity index (χ1v) is 4.07. The Kier molecular flexibility index (Phi) is 1.48. The second-order valence-electron chi connectivity index (χ2n) is 3.73. The molecule has 2 nitrogen and oxygen atoms in total. The lowest BCUT2D eigenvalue weighted by molar-refractivity contribution is 0.0492. The first-order valence-electron chi connectivity index (χ1n) is 4.07.